The van der Waals surface area contributed by atoms with E-state index in [-0.39, 0.29) is 11.5 Å². The highest BCUT2D eigenvalue weighted by Crippen LogP contribution is 2.24. The van der Waals surface area contributed by atoms with Crippen LogP contribution in [-0.4, -0.2) is 20.4 Å². The summed E-state index contributed by atoms with van der Waals surface area (Å²) in [6.45, 7) is 0.719. The van der Waals surface area contributed by atoms with E-state index in [1.807, 2.05) is 34.2 Å². The van der Waals surface area contributed by atoms with Crippen LogP contribution >= 0.6 is 11.3 Å². The number of carbonyl (C=O) groups is 1. The molecule has 5 rings (SSSR count). The molecule has 1 amide bonds. The van der Waals surface area contributed by atoms with E-state index in [1.165, 1.54) is 0 Å². The second-order valence-corrected chi connectivity index (χ2v) is 8.64. The molecule has 2 aromatic heterocycles. The summed E-state index contributed by atoms with van der Waals surface area (Å²) < 4.78 is 1.81. The number of thiazole rings is 1. The lowest BCUT2D eigenvalue weighted by Gasteiger charge is -2.16. The van der Waals surface area contributed by atoms with E-state index in [2.05, 4.69) is 10.3 Å². The Kier molecular flexibility index (Phi) is 5.34. The monoisotopic (exact) mass is 430 g/mol. The summed E-state index contributed by atoms with van der Waals surface area (Å²) in [4.78, 5) is 34.8. The van der Waals surface area contributed by atoms with Crippen molar-refractivity contribution in [3.8, 4) is 10.6 Å². The average molecular weight is 431 g/mol. The molecule has 4 aromatic rings. The Balaban J connectivity index is 1.41. The van der Waals surface area contributed by atoms with Gasteiger partial charge < -0.3 is 5.32 Å². The van der Waals surface area contributed by atoms with E-state index in [0.717, 1.165) is 55.0 Å². The zero-order chi connectivity index (χ0) is 21.2. The molecule has 2 aromatic carbocycles. The fraction of sp³-hybridized carbons (Fsp3) is 0.250. The standard InChI is InChI=1S/C24H22N4O2S/c29-22(26-18-9-6-16(7-10-18)23-25-12-14-31-23)17-8-11-19-20(15-17)27-21-5-3-1-2-4-13-28(21)24(19)30/h6-12,14-15H,1-5,13H2,(H,26,29). The molecule has 3 heterocycles. The first kappa shape index (κ1) is 19.6. The van der Waals surface area contributed by atoms with E-state index >= 15 is 0 Å². The van der Waals surface area contributed by atoms with Gasteiger partial charge in [-0.3, -0.25) is 14.2 Å². The third-order valence-corrected chi connectivity index (χ3v) is 6.47. The number of anilines is 1. The van der Waals surface area contributed by atoms with Crippen LogP contribution in [-0.2, 0) is 13.0 Å². The summed E-state index contributed by atoms with van der Waals surface area (Å²) >= 11 is 1.57. The molecule has 6 nitrogen and oxygen atoms in total. The molecule has 0 radical (unpaired) electrons. The molecule has 0 spiro atoms. The Labute approximate surface area is 183 Å². The predicted molar refractivity (Wildman–Crippen MR) is 124 cm³/mol. The maximum absolute atomic E-state index is 13.0. The first-order valence-electron chi connectivity index (χ1n) is 10.5. The van der Waals surface area contributed by atoms with Crippen molar-refractivity contribution in [2.75, 3.05) is 5.32 Å². The summed E-state index contributed by atoms with van der Waals surface area (Å²) in [5.74, 6) is 0.602. The molecule has 1 aliphatic heterocycles. The highest BCUT2D eigenvalue weighted by Gasteiger charge is 2.15. The van der Waals surface area contributed by atoms with Crippen LogP contribution in [0.1, 0.15) is 41.9 Å². The van der Waals surface area contributed by atoms with Crippen LogP contribution in [0, 0.1) is 0 Å². The maximum atomic E-state index is 13.0. The minimum Gasteiger partial charge on any atom is -0.322 e. The third kappa shape index (κ3) is 4.01. The number of hydrogen-bond acceptors (Lipinski definition) is 5. The Morgan fingerprint density at radius 3 is 2.68 bits per heavy atom. The number of nitrogens with one attached hydrogen (secondary N) is 1. The van der Waals surface area contributed by atoms with E-state index in [1.54, 1.807) is 35.7 Å². The highest BCUT2D eigenvalue weighted by molar-refractivity contribution is 7.13. The maximum Gasteiger partial charge on any atom is 0.261 e. The van der Waals surface area contributed by atoms with Crippen LogP contribution in [0.2, 0.25) is 0 Å². The number of nitrogens with zero attached hydrogens (tertiary/aromatic N) is 3. The minimum absolute atomic E-state index is 0.00775. The molecule has 31 heavy (non-hydrogen) atoms. The predicted octanol–water partition coefficient (Wildman–Crippen LogP) is 4.89. The highest BCUT2D eigenvalue weighted by atomic mass is 32.1. The Morgan fingerprint density at radius 1 is 1.03 bits per heavy atom. The zero-order valence-corrected chi connectivity index (χ0v) is 17.8. The van der Waals surface area contributed by atoms with Gasteiger partial charge in [0.05, 0.1) is 10.9 Å². The van der Waals surface area contributed by atoms with Crippen molar-refractivity contribution in [2.45, 2.75) is 38.6 Å². The number of amides is 1. The van der Waals surface area contributed by atoms with E-state index in [4.69, 9.17) is 4.98 Å². The summed E-state index contributed by atoms with van der Waals surface area (Å²) in [5.41, 5.74) is 2.78. The van der Waals surface area contributed by atoms with Gasteiger partial charge >= 0.3 is 0 Å². The molecule has 0 bridgehead atoms. The van der Waals surface area contributed by atoms with Gasteiger partial charge in [0.25, 0.3) is 11.5 Å². The lowest BCUT2D eigenvalue weighted by molar-refractivity contribution is 0.102. The molecule has 0 aliphatic carbocycles. The molecule has 0 fully saturated rings. The van der Waals surface area contributed by atoms with Gasteiger partial charge in [-0.15, -0.1) is 11.3 Å². The van der Waals surface area contributed by atoms with Crippen molar-refractivity contribution in [2.24, 2.45) is 0 Å². The van der Waals surface area contributed by atoms with E-state index < -0.39 is 0 Å². The fourth-order valence-corrected chi connectivity index (χ4v) is 4.65. The lowest BCUT2D eigenvalue weighted by atomic mass is 10.1. The van der Waals surface area contributed by atoms with Gasteiger partial charge in [0.2, 0.25) is 0 Å². The second-order valence-electron chi connectivity index (χ2n) is 7.75. The van der Waals surface area contributed by atoms with Crippen molar-refractivity contribution >= 4 is 33.8 Å². The molecule has 1 aliphatic rings. The van der Waals surface area contributed by atoms with Crippen LogP contribution in [0.4, 0.5) is 5.69 Å². The zero-order valence-electron chi connectivity index (χ0n) is 17.0. The van der Waals surface area contributed by atoms with Gasteiger partial charge in [-0.05, 0) is 55.3 Å². The summed E-state index contributed by atoms with van der Waals surface area (Å²) in [6, 6.07) is 12.7. The van der Waals surface area contributed by atoms with Gasteiger partial charge in [0.1, 0.15) is 10.8 Å². The molecule has 1 N–H and O–H groups in total. The Hall–Kier alpha value is -3.32. The second kappa shape index (κ2) is 8.43. The van der Waals surface area contributed by atoms with E-state index in [0.29, 0.717) is 22.2 Å². The number of hydrogen-bond donors (Lipinski definition) is 1. The third-order valence-electron chi connectivity index (χ3n) is 5.65. The van der Waals surface area contributed by atoms with Crippen molar-refractivity contribution < 1.29 is 4.79 Å². The topological polar surface area (TPSA) is 76.9 Å². The fourth-order valence-electron chi connectivity index (χ4n) is 4.00. The smallest absolute Gasteiger partial charge is 0.261 e. The Bertz CT molecular complexity index is 1290. The van der Waals surface area contributed by atoms with Crippen LogP contribution in [0.5, 0.6) is 0 Å². The number of carbonyl (C=O) groups excluding carboxylic acids is 1. The number of aromatic nitrogens is 3. The summed E-state index contributed by atoms with van der Waals surface area (Å²) in [7, 11) is 0. The molecular weight excluding hydrogens is 408 g/mol. The molecule has 0 unspecified atom stereocenters. The number of rotatable bonds is 3. The molecular formula is C24H22N4O2S. The van der Waals surface area contributed by atoms with Gasteiger partial charge in [0, 0.05) is 41.4 Å². The van der Waals surface area contributed by atoms with Gasteiger partial charge in [-0.1, -0.05) is 12.8 Å². The largest absolute Gasteiger partial charge is 0.322 e. The average Bonchev–Trinajstić information content (AvgIpc) is 3.30. The van der Waals surface area contributed by atoms with Crippen LogP contribution in [0.3, 0.4) is 0 Å². The lowest BCUT2D eigenvalue weighted by Crippen LogP contribution is -2.26. The van der Waals surface area contributed by atoms with E-state index in [9.17, 15) is 9.59 Å². The van der Waals surface area contributed by atoms with Crippen LogP contribution < -0.4 is 10.9 Å². The minimum atomic E-state index is -0.224. The SMILES string of the molecule is O=C(Nc1ccc(-c2nccs2)cc1)c1ccc2c(=O)n3c(nc2c1)CCCCCC3. The van der Waals surface area contributed by atoms with Gasteiger partial charge in [0.15, 0.2) is 0 Å². The van der Waals surface area contributed by atoms with Crippen molar-refractivity contribution in [3.05, 3.63) is 75.8 Å². The molecule has 156 valence electrons. The van der Waals surface area contributed by atoms with Crippen LogP contribution in [0.15, 0.2) is 58.8 Å². The van der Waals surface area contributed by atoms with Crippen molar-refractivity contribution in [1.29, 1.82) is 0 Å². The summed E-state index contributed by atoms with van der Waals surface area (Å²) in [6.07, 6.45) is 6.92. The van der Waals surface area contributed by atoms with Crippen molar-refractivity contribution in [1.82, 2.24) is 14.5 Å². The first-order valence-corrected chi connectivity index (χ1v) is 11.4. The molecule has 0 saturated heterocycles. The summed E-state index contributed by atoms with van der Waals surface area (Å²) in [5, 5.41) is 6.37. The molecule has 0 atom stereocenters. The van der Waals surface area contributed by atoms with Crippen LogP contribution in [0.25, 0.3) is 21.5 Å². The number of benzene rings is 2. The Morgan fingerprint density at radius 2 is 1.87 bits per heavy atom. The normalized spacial score (nSPS) is 13.9. The van der Waals surface area contributed by atoms with Gasteiger partial charge in [-0.25, -0.2) is 9.97 Å². The van der Waals surface area contributed by atoms with Gasteiger partial charge in [-0.2, -0.15) is 0 Å². The molecule has 7 heteroatoms. The quantitative estimate of drug-likeness (QED) is 0.502. The van der Waals surface area contributed by atoms with Crippen molar-refractivity contribution in [3.63, 3.8) is 0 Å². The first-order chi connectivity index (χ1) is 15.2. The number of aryl methyl sites for hydroxylation is 1. The number of fused-ring (bicyclic) bond motifs is 2. The molecule has 0 saturated carbocycles.